The molecule has 0 amide bonds. The van der Waals surface area contributed by atoms with Crippen LogP contribution in [0.4, 0.5) is 4.39 Å². The van der Waals surface area contributed by atoms with Gasteiger partial charge in [-0.2, -0.15) is 0 Å². The van der Waals surface area contributed by atoms with Crippen molar-refractivity contribution in [3.63, 3.8) is 0 Å². The van der Waals surface area contributed by atoms with Gasteiger partial charge in [0.1, 0.15) is 5.82 Å². The standard InChI is InChI=1S/C16H11BrFNO/c17-11-6-5-10-7-12(20)9-19-16(14(10)8-11)13-3-1-2-4-15(13)18/h1-6,8H,7,9H2. The SMILES string of the molecule is O=C1CN=C(c2ccccc2F)c2cc(Br)ccc2C1. The van der Waals surface area contributed by atoms with Gasteiger partial charge in [-0.1, -0.05) is 34.1 Å². The molecule has 0 radical (unpaired) electrons. The Morgan fingerprint density at radius 3 is 2.70 bits per heavy atom. The Kier molecular flexibility index (Phi) is 3.49. The molecule has 0 aliphatic carbocycles. The first-order chi connectivity index (χ1) is 9.65. The third-order valence-corrected chi connectivity index (χ3v) is 3.75. The minimum atomic E-state index is -0.327. The van der Waals surface area contributed by atoms with E-state index in [1.807, 2.05) is 18.2 Å². The number of carbonyl (C=O) groups is 1. The lowest BCUT2D eigenvalue weighted by atomic mass is 9.96. The fourth-order valence-corrected chi connectivity index (χ4v) is 2.69. The van der Waals surface area contributed by atoms with Crippen LogP contribution < -0.4 is 0 Å². The van der Waals surface area contributed by atoms with Gasteiger partial charge in [0.25, 0.3) is 0 Å². The summed E-state index contributed by atoms with van der Waals surface area (Å²) >= 11 is 3.42. The van der Waals surface area contributed by atoms with Gasteiger partial charge >= 0.3 is 0 Å². The highest BCUT2D eigenvalue weighted by molar-refractivity contribution is 9.10. The monoisotopic (exact) mass is 331 g/mol. The van der Waals surface area contributed by atoms with E-state index in [0.717, 1.165) is 15.6 Å². The Hall–Kier alpha value is -1.81. The van der Waals surface area contributed by atoms with Gasteiger partial charge in [-0.15, -0.1) is 0 Å². The van der Waals surface area contributed by atoms with E-state index in [1.54, 1.807) is 18.2 Å². The zero-order valence-electron chi connectivity index (χ0n) is 10.6. The quantitative estimate of drug-likeness (QED) is 0.785. The summed E-state index contributed by atoms with van der Waals surface area (Å²) in [5.41, 5.74) is 2.68. The van der Waals surface area contributed by atoms with Crippen molar-refractivity contribution < 1.29 is 9.18 Å². The van der Waals surface area contributed by atoms with E-state index < -0.39 is 0 Å². The summed E-state index contributed by atoms with van der Waals surface area (Å²) in [6.45, 7) is 0.0932. The van der Waals surface area contributed by atoms with Crippen LogP contribution in [0.15, 0.2) is 51.9 Å². The van der Waals surface area contributed by atoms with Crippen LogP contribution in [0.5, 0.6) is 0 Å². The van der Waals surface area contributed by atoms with Crippen molar-refractivity contribution in [1.82, 2.24) is 0 Å². The summed E-state index contributed by atoms with van der Waals surface area (Å²) < 4.78 is 14.9. The van der Waals surface area contributed by atoms with Crippen LogP contribution in [0.3, 0.4) is 0 Å². The van der Waals surface area contributed by atoms with E-state index in [1.165, 1.54) is 6.07 Å². The molecule has 0 aromatic heterocycles. The lowest BCUT2D eigenvalue weighted by molar-refractivity contribution is -0.117. The predicted molar refractivity (Wildman–Crippen MR) is 79.8 cm³/mol. The average molecular weight is 332 g/mol. The maximum atomic E-state index is 14.0. The smallest absolute Gasteiger partial charge is 0.158 e. The van der Waals surface area contributed by atoms with Crippen molar-refractivity contribution >= 4 is 27.4 Å². The molecule has 0 fully saturated rings. The zero-order chi connectivity index (χ0) is 14.1. The molecule has 4 heteroatoms. The molecule has 2 aromatic carbocycles. The average Bonchev–Trinajstić information content (AvgIpc) is 2.58. The first kappa shape index (κ1) is 13.2. The summed E-state index contributed by atoms with van der Waals surface area (Å²) in [4.78, 5) is 16.1. The molecule has 0 spiro atoms. The largest absolute Gasteiger partial charge is 0.297 e. The fraction of sp³-hybridized carbons (Fsp3) is 0.125. The number of fused-ring (bicyclic) bond motifs is 1. The molecule has 1 aliphatic heterocycles. The Morgan fingerprint density at radius 1 is 1.10 bits per heavy atom. The maximum absolute atomic E-state index is 14.0. The lowest BCUT2D eigenvalue weighted by Gasteiger charge is -2.10. The van der Waals surface area contributed by atoms with Gasteiger partial charge in [-0.3, -0.25) is 9.79 Å². The highest BCUT2D eigenvalue weighted by Gasteiger charge is 2.20. The molecule has 0 unspecified atom stereocenters. The number of carbonyl (C=O) groups excluding carboxylic acids is 1. The van der Waals surface area contributed by atoms with Crippen LogP contribution in [0.2, 0.25) is 0 Å². The van der Waals surface area contributed by atoms with E-state index >= 15 is 0 Å². The number of halogens is 2. The fourth-order valence-electron chi connectivity index (χ4n) is 2.33. The van der Waals surface area contributed by atoms with Crippen molar-refractivity contribution in [2.75, 3.05) is 6.54 Å². The number of hydrogen-bond acceptors (Lipinski definition) is 2. The van der Waals surface area contributed by atoms with E-state index in [2.05, 4.69) is 20.9 Å². The second-order valence-corrected chi connectivity index (χ2v) is 5.58. The van der Waals surface area contributed by atoms with Gasteiger partial charge in [0.15, 0.2) is 5.78 Å². The molecular weight excluding hydrogens is 321 g/mol. The predicted octanol–water partition coefficient (Wildman–Crippen LogP) is 3.55. The minimum absolute atomic E-state index is 0.0416. The van der Waals surface area contributed by atoms with Crippen LogP contribution in [0.1, 0.15) is 16.7 Å². The number of benzene rings is 2. The van der Waals surface area contributed by atoms with Gasteiger partial charge in [0.05, 0.1) is 12.3 Å². The molecule has 2 nitrogen and oxygen atoms in total. The zero-order valence-corrected chi connectivity index (χ0v) is 12.2. The molecule has 100 valence electrons. The van der Waals surface area contributed by atoms with E-state index in [9.17, 15) is 9.18 Å². The van der Waals surface area contributed by atoms with Crippen LogP contribution in [0, 0.1) is 5.82 Å². The molecule has 20 heavy (non-hydrogen) atoms. The number of hydrogen-bond donors (Lipinski definition) is 0. The van der Waals surface area contributed by atoms with Crippen LogP contribution in [-0.2, 0) is 11.2 Å². The molecule has 0 saturated heterocycles. The number of Topliss-reactive ketones (excluding diaryl/α,β-unsaturated/α-hetero) is 1. The van der Waals surface area contributed by atoms with Crippen LogP contribution >= 0.6 is 15.9 Å². The summed E-state index contributed by atoms with van der Waals surface area (Å²) in [7, 11) is 0. The summed E-state index contributed by atoms with van der Waals surface area (Å²) in [6.07, 6.45) is 0.337. The highest BCUT2D eigenvalue weighted by Crippen LogP contribution is 2.24. The van der Waals surface area contributed by atoms with Gasteiger partial charge in [-0.25, -0.2) is 4.39 Å². The van der Waals surface area contributed by atoms with Gasteiger partial charge < -0.3 is 0 Å². The van der Waals surface area contributed by atoms with Crippen molar-refractivity contribution in [3.05, 3.63) is 69.4 Å². The molecule has 0 N–H and O–H groups in total. The highest BCUT2D eigenvalue weighted by atomic mass is 79.9. The molecular formula is C16H11BrFNO. The molecule has 0 atom stereocenters. The summed E-state index contributed by atoms with van der Waals surface area (Å²) in [6, 6.07) is 12.2. The maximum Gasteiger partial charge on any atom is 0.158 e. The Bertz CT molecular complexity index is 724. The second kappa shape index (κ2) is 5.29. The third-order valence-electron chi connectivity index (χ3n) is 3.26. The Labute approximate surface area is 124 Å². The number of rotatable bonds is 1. The van der Waals surface area contributed by atoms with E-state index in [4.69, 9.17) is 0 Å². The van der Waals surface area contributed by atoms with Crippen molar-refractivity contribution in [2.24, 2.45) is 4.99 Å². The second-order valence-electron chi connectivity index (χ2n) is 4.66. The first-order valence-electron chi connectivity index (χ1n) is 6.25. The van der Waals surface area contributed by atoms with Crippen LogP contribution in [0.25, 0.3) is 0 Å². The topological polar surface area (TPSA) is 29.4 Å². The van der Waals surface area contributed by atoms with Crippen molar-refractivity contribution in [3.8, 4) is 0 Å². The number of ketones is 1. The normalized spacial score (nSPS) is 14.5. The van der Waals surface area contributed by atoms with Crippen molar-refractivity contribution in [2.45, 2.75) is 6.42 Å². The Balaban J connectivity index is 2.23. The molecule has 1 aliphatic rings. The Morgan fingerprint density at radius 2 is 1.90 bits per heavy atom. The van der Waals surface area contributed by atoms with Gasteiger partial charge in [0.2, 0.25) is 0 Å². The van der Waals surface area contributed by atoms with E-state index in [0.29, 0.717) is 17.7 Å². The molecule has 0 bridgehead atoms. The third kappa shape index (κ3) is 2.43. The van der Waals surface area contributed by atoms with Gasteiger partial charge in [-0.05, 0) is 29.8 Å². The van der Waals surface area contributed by atoms with Crippen LogP contribution in [-0.4, -0.2) is 18.0 Å². The molecule has 0 saturated carbocycles. The van der Waals surface area contributed by atoms with Crippen molar-refractivity contribution in [1.29, 1.82) is 0 Å². The molecule has 1 heterocycles. The lowest BCUT2D eigenvalue weighted by Crippen LogP contribution is -2.08. The van der Waals surface area contributed by atoms with E-state index in [-0.39, 0.29) is 18.1 Å². The summed E-state index contributed by atoms with van der Waals surface area (Å²) in [5.74, 6) is -0.286. The minimum Gasteiger partial charge on any atom is -0.297 e. The molecule has 3 rings (SSSR count). The molecule has 2 aromatic rings. The van der Waals surface area contributed by atoms with Gasteiger partial charge in [0, 0.05) is 22.0 Å². The first-order valence-corrected chi connectivity index (χ1v) is 7.04. The number of nitrogens with zero attached hydrogens (tertiary/aromatic N) is 1. The summed E-state index contributed by atoms with van der Waals surface area (Å²) in [5, 5.41) is 0. The number of aliphatic imine (C=N–C) groups is 1.